The first-order valence-electron chi connectivity index (χ1n) is 11.5. The van der Waals surface area contributed by atoms with Gasteiger partial charge in [0.2, 0.25) is 5.91 Å². The normalized spacial score (nSPS) is 27.6. The van der Waals surface area contributed by atoms with Crippen molar-refractivity contribution in [2.24, 2.45) is 0 Å². The van der Waals surface area contributed by atoms with Gasteiger partial charge in [0.1, 0.15) is 0 Å². The second-order valence-electron chi connectivity index (χ2n) is 9.59. The molecule has 160 valence electrons. The van der Waals surface area contributed by atoms with Crippen molar-refractivity contribution in [3.05, 3.63) is 35.9 Å². The fraction of sp³-hybridized carbons (Fsp3) is 0.708. The zero-order chi connectivity index (χ0) is 20.3. The van der Waals surface area contributed by atoms with Gasteiger partial charge in [0.25, 0.3) is 0 Å². The monoisotopic (exact) mass is 398 g/mol. The van der Waals surface area contributed by atoms with Crippen molar-refractivity contribution >= 4 is 5.91 Å². The van der Waals surface area contributed by atoms with Gasteiger partial charge in [0, 0.05) is 18.6 Å². The van der Waals surface area contributed by atoms with Crippen molar-refractivity contribution < 1.29 is 4.79 Å². The molecule has 3 saturated heterocycles. The molecule has 3 heterocycles. The Morgan fingerprint density at radius 3 is 2.28 bits per heavy atom. The number of benzene rings is 1. The number of carbonyl (C=O) groups is 1. The van der Waals surface area contributed by atoms with Crippen LogP contribution in [0.4, 0.5) is 0 Å². The third-order valence-electron chi connectivity index (χ3n) is 7.59. The second kappa shape index (κ2) is 9.15. The molecular weight excluding hydrogens is 360 g/mol. The van der Waals surface area contributed by atoms with E-state index < -0.39 is 0 Å². The number of likely N-dealkylation sites (tertiary alicyclic amines) is 3. The van der Waals surface area contributed by atoms with Gasteiger partial charge < -0.3 is 15.1 Å². The summed E-state index contributed by atoms with van der Waals surface area (Å²) >= 11 is 0. The van der Waals surface area contributed by atoms with Gasteiger partial charge in [-0.05, 0) is 90.9 Å². The molecule has 1 aromatic carbocycles. The lowest BCUT2D eigenvalue weighted by Crippen LogP contribution is -2.57. The molecule has 0 spiro atoms. The molecule has 1 unspecified atom stereocenters. The van der Waals surface area contributed by atoms with Crippen molar-refractivity contribution in [3.8, 4) is 0 Å². The van der Waals surface area contributed by atoms with E-state index in [1.807, 2.05) is 6.07 Å². The lowest BCUT2D eigenvalue weighted by atomic mass is 9.72. The van der Waals surface area contributed by atoms with Crippen molar-refractivity contribution in [1.82, 2.24) is 20.0 Å². The van der Waals surface area contributed by atoms with Gasteiger partial charge in [-0.2, -0.15) is 0 Å². The molecule has 0 aromatic heterocycles. The van der Waals surface area contributed by atoms with Crippen molar-refractivity contribution in [3.63, 3.8) is 0 Å². The van der Waals surface area contributed by atoms with Crippen LogP contribution in [0.15, 0.2) is 30.3 Å². The van der Waals surface area contributed by atoms with Gasteiger partial charge in [-0.25, -0.2) is 0 Å². The average molecular weight is 399 g/mol. The maximum Gasteiger partial charge on any atom is 0.231 e. The maximum absolute atomic E-state index is 13.7. The summed E-state index contributed by atoms with van der Waals surface area (Å²) in [7, 11) is 4.38. The molecule has 1 N–H and O–H groups in total. The molecule has 1 aromatic rings. The zero-order valence-corrected chi connectivity index (χ0v) is 18.3. The first-order chi connectivity index (χ1) is 14.1. The molecule has 29 heavy (non-hydrogen) atoms. The van der Waals surface area contributed by atoms with E-state index in [9.17, 15) is 4.79 Å². The summed E-state index contributed by atoms with van der Waals surface area (Å²) in [6.45, 7) is 6.56. The van der Waals surface area contributed by atoms with Gasteiger partial charge in [-0.15, -0.1) is 0 Å². The first-order valence-corrected chi connectivity index (χ1v) is 11.5. The van der Waals surface area contributed by atoms with Crippen LogP contribution in [0.1, 0.15) is 44.1 Å². The Kier molecular flexibility index (Phi) is 6.57. The molecule has 0 bridgehead atoms. The predicted octanol–water partition coefficient (Wildman–Crippen LogP) is 2.32. The Bertz CT molecular complexity index is 663. The highest BCUT2D eigenvalue weighted by atomic mass is 16.2. The summed E-state index contributed by atoms with van der Waals surface area (Å²) in [5.41, 5.74) is 0.817. The number of carbonyl (C=O) groups excluding carboxylic acids is 1. The lowest BCUT2D eigenvalue weighted by molar-refractivity contribution is -0.129. The molecule has 1 amide bonds. The molecule has 0 aliphatic carbocycles. The zero-order valence-electron chi connectivity index (χ0n) is 18.3. The highest BCUT2D eigenvalue weighted by Crippen LogP contribution is 2.36. The molecule has 0 saturated carbocycles. The Morgan fingerprint density at radius 1 is 0.931 bits per heavy atom. The van der Waals surface area contributed by atoms with Crippen molar-refractivity contribution in [2.45, 2.75) is 56.0 Å². The SMILES string of the molecule is CN1CCC(N2CCCC(NC(=O)C3(c4ccccc4)CCN(C)CC3)C2)CC1. The number of hydrogen-bond acceptors (Lipinski definition) is 4. The van der Waals surface area contributed by atoms with Crippen molar-refractivity contribution in [1.29, 1.82) is 0 Å². The summed E-state index contributed by atoms with van der Waals surface area (Å²) in [6, 6.07) is 11.5. The van der Waals surface area contributed by atoms with Crippen LogP contribution in [0.2, 0.25) is 0 Å². The van der Waals surface area contributed by atoms with Gasteiger partial charge in [0.05, 0.1) is 5.41 Å². The van der Waals surface area contributed by atoms with Crippen LogP contribution >= 0.6 is 0 Å². The molecule has 4 rings (SSSR count). The standard InChI is InChI=1S/C24H38N4O/c1-26-15-10-22(11-16-26)28-14-6-9-21(19-28)25-23(29)24(12-17-27(2)18-13-24)20-7-4-3-5-8-20/h3-5,7-8,21-22H,6,9-19H2,1-2H3,(H,25,29). The summed E-state index contributed by atoms with van der Waals surface area (Å²) < 4.78 is 0. The molecule has 3 aliphatic rings. The van der Waals surface area contributed by atoms with E-state index in [0.717, 1.165) is 38.9 Å². The van der Waals surface area contributed by atoms with E-state index in [4.69, 9.17) is 0 Å². The van der Waals surface area contributed by atoms with Crippen LogP contribution in [0.25, 0.3) is 0 Å². The number of nitrogens with zero attached hydrogens (tertiary/aromatic N) is 3. The quantitative estimate of drug-likeness (QED) is 0.845. The maximum atomic E-state index is 13.7. The molecule has 3 fully saturated rings. The van der Waals surface area contributed by atoms with E-state index in [1.54, 1.807) is 0 Å². The molecule has 0 radical (unpaired) electrons. The fourth-order valence-corrected chi connectivity index (χ4v) is 5.54. The van der Waals surface area contributed by atoms with Crippen LogP contribution in [-0.2, 0) is 10.2 Å². The highest BCUT2D eigenvalue weighted by Gasteiger charge is 2.43. The first kappa shape index (κ1) is 20.8. The summed E-state index contributed by atoms with van der Waals surface area (Å²) in [5, 5.41) is 3.51. The van der Waals surface area contributed by atoms with E-state index in [-0.39, 0.29) is 17.4 Å². The topological polar surface area (TPSA) is 38.8 Å². The third-order valence-corrected chi connectivity index (χ3v) is 7.59. The molecule has 3 aliphatic heterocycles. The van der Waals surface area contributed by atoms with E-state index >= 15 is 0 Å². The van der Waals surface area contributed by atoms with Crippen LogP contribution in [-0.4, -0.2) is 86.1 Å². The van der Waals surface area contributed by atoms with Crippen LogP contribution in [0, 0.1) is 0 Å². The van der Waals surface area contributed by atoms with Crippen LogP contribution in [0.3, 0.4) is 0 Å². The number of amides is 1. The number of piperidine rings is 3. The van der Waals surface area contributed by atoms with Gasteiger partial charge in [0.15, 0.2) is 0 Å². The minimum Gasteiger partial charge on any atom is -0.351 e. The van der Waals surface area contributed by atoms with E-state index in [2.05, 4.69) is 58.4 Å². The van der Waals surface area contributed by atoms with Crippen molar-refractivity contribution in [2.75, 3.05) is 53.4 Å². The highest BCUT2D eigenvalue weighted by molar-refractivity contribution is 5.88. The summed E-state index contributed by atoms with van der Waals surface area (Å²) in [6.07, 6.45) is 6.64. The third kappa shape index (κ3) is 4.68. The van der Waals surface area contributed by atoms with Gasteiger partial charge >= 0.3 is 0 Å². The van der Waals surface area contributed by atoms with E-state index in [0.29, 0.717) is 6.04 Å². The Labute approximate surface area is 176 Å². The summed E-state index contributed by atoms with van der Waals surface area (Å²) in [4.78, 5) is 21.1. The second-order valence-corrected chi connectivity index (χ2v) is 9.59. The minimum atomic E-state index is -0.371. The molecular formula is C24H38N4O. The molecule has 1 atom stereocenters. The smallest absolute Gasteiger partial charge is 0.231 e. The number of hydrogen-bond donors (Lipinski definition) is 1. The lowest BCUT2D eigenvalue weighted by Gasteiger charge is -2.44. The molecule has 5 heteroatoms. The average Bonchev–Trinajstić information content (AvgIpc) is 2.76. The van der Waals surface area contributed by atoms with Crippen LogP contribution in [0.5, 0.6) is 0 Å². The predicted molar refractivity (Wildman–Crippen MR) is 118 cm³/mol. The minimum absolute atomic E-state index is 0.257. The number of nitrogens with one attached hydrogen (secondary N) is 1. The summed E-state index contributed by atoms with van der Waals surface area (Å²) in [5.74, 6) is 0.257. The van der Waals surface area contributed by atoms with Gasteiger partial charge in [-0.3, -0.25) is 9.69 Å². The largest absolute Gasteiger partial charge is 0.351 e. The van der Waals surface area contributed by atoms with Crippen LogP contribution < -0.4 is 5.32 Å². The Morgan fingerprint density at radius 2 is 1.59 bits per heavy atom. The van der Waals surface area contributed by atoms with E-state index in [1.165, 1.54) is 44.5 Å². The molecule has 5 nitrogen and oxygen atoms in total. The Hall–Kier alpha value is -1.43. The fourth-order valence-electron chi connectivity index (χ4n) is 5.54. The van der Waals surface area contributed by atoms with Gasteiger partial charge in [-0.1, -0.05) is 30.3 Å². The Balaban J connectivity index is 1.43. The number of rotatable bonds is 4.